The third-order valence-electron chi connectivity index (χ3n) is 3.93. The number of carbonyl (C=O) groups is 1. The van der Waals surface area contributed by atoms with Gasteiger partial charge in [0.15, 0.2) is 0 Å². The second kappa shape index (κ2) is 6.63. The van der Waals surface area contributed by atoms with Gasteiger partial charge in [-0.3, -0.25) is 4.79 Å². The largest absolute Gasteiger partial charge is 0.392 e. The summed E-state index contributed by atoms with van der Waals surface area (Å²) in [7, 11) is 0. The minimum Gasteiger partial charge on any atom is -0.392 e. The van der Waals surface area contributed by atoms with E-state index in [2.05, 4.69) is 10.3 Å². The zero-order valence-corrected chi connectivity index (χ0v) is 13.4. The SMILES string of the molecule is Cc1cnc(CNC(=O)C2(C(N)=S)CCCCCC2)s1. The number of hydrogen-bond donors (Lipinski definition) is 2. The van der Waals surface area contributed by atoms with Gasteiger partial charge < -0.3 is 11.1 Å². The minimum absolute atomic E-state index is 0.0280. The Morgan fingerprint density at radius 2 is 2.10 bits per heavy atom. The van der Waals surface area contributed by atoms with Crippen LogP contribution in [0.3, 0.4) is 0 Å². The van der Waals surface area contributed by atoms with Gasteiger partial charge in [-0.25, -0.2) is 4.98 Å². The van der Waals surface area contributed by atoms with Gasteiger partial charge in [0.2, 0.25) is 5.91 Å². The van der Waals surface area contributed by atoms with E-state index in [-0.39, 0.29) is 5.91 Å². The zero-order chi connectivity index (χ0) is 14.6. The van der Waals surface area contributed by atoms with Crippen LogP contribution in [0.15, 0.2) is 6.20 Å². The van der Waals surface area contributed by atoms with Gasteiger partial charge in [0, 0.05) is 11.1 Å². The molecular formula is C14H21N3OS2. The molecule has 0 atom stereocenters. The molecule has 20 heavy (non-hydrogen) atoms. The average Bonchev–Trinajstić information content (AvgIpc) is 2.68. The topological polar surface area (TPSA) is 68.0 Å². The third-order valence-corrected chi connectivity index (χ3v) is 5.24. The summed E-state index contributed by atoms with van der Waals surface area (Å²) in [6, 6.07) is 0. The van der Waals surface area contributed by atoms with Crippen LogP contribution >= 0.6 is 23.6 Å². The van der Waals surface area contributed by atoms with Crippen molar-refractivity contribution in [2.45, 2.75) is 52.0 Å². The number of rotatable bonds is 4. The number of nitrogens with one attached hydrogen (secondary N) is 1. The van der Waals surface area contributed by atoms with Gasteiger partial charge in [-0.05, 0) is 19.8 Å². The predicted octanol–water partition coefficient (Wildman–Crippen LogP) is 2.69. The normalized spacial score (nSPS) is 18.2. The van der Waals surface area contributed by atoms with E-state index < -0.39 is 5.41 Å². The van der Waals surface area contributed by atoms with Gasteiger partial charge in [0.05, 0.1) is 16.9 Å². The van der Waals surface area contributed by atoms with Crippen molar-refractivity contribution in [1.82, 2.24) is 10.3 Å². The molecule has 1 aromatic heterocycles. The molecule has 0 saturated heterocycles. The van der Waals surface area contributed by atoms with Gasteiger partial charge in [-0.15, -0.1) is 11.3 Å². The number of aryl methyl sites for hydroxylation is 1. The first-order chi connectivity index (χ1) is 9.54. The van der Waals surface area contributed by atoms with E-state index in [0.717, 1.165) is 48.4 Å². The molecule has 3 N–H and O–H groups in total. The predicted molar refractivity (Wildman–Crippen MR) is 85.6 cm³/mol. The molecule has 0 spiro atoms. The lowest BCUT2D eigenvalue weighted by Gasteiger charge is -2.30. The molecule has 1 heterocycles. The lowest BCUT2D eigenvalue weighted by molar-refractivity contribution is -0.128. The van der Waals surface area contributed by atoms with Crippen LogP contribution in [0.4, 0.5) is 0 Å². The lowest BCUT2D eigenvalue weighted by atomic mass is 9.79. The fourth-order valence-electron chi connectivity index (χ4n) is 2.73. The van der Waals surface area contributed by atoms with Crippen molar-refractivity contribution < 1.29 is 4.79 Å². The van der Waals surface area contributed by atoms with Crippen LogP contribution in [0.1, 0.15) is 48.4 Å². The van der Waals surface area contributed by atoms with Crippen LogP contribution in [-0.2, 0) is 11.3 Å². The molecule has 1 aliphatic rings. The van der Waals surface area contributed by atoms with Crippen LogP contribution in [-0.4, -0.2) is 15.9 Å². The highest BCUT2D eigenvalue weighted by Gasteiger charge is 2.41. The molecule has 110 valence electrons. The molecule has 1 aliphatic carbocycles. The first-order valence-corrected chi connectivity index (χ1v) is 8.26. The summed E-state index contributed by atoms with van der Waals surface area (Å²) in [5.74, 6) is -0.0280. The fourth-order valence-corrected chi connectivity index (χ4v) is 3.75. The molecule has 2 rings (SSSR count). The Morgan fingerprint density at radius 3 is 2.60 bits per heavy atom. The first kappa shape index (κ1) is 15.4. The van der Waals surface area contributed by atoms with Crippen molar-refractivity contribution in [1.29, 1.82) is 0 Å². The molecule has 0 aromatic carbocycles. The van der Waals surface area contributed by atoms with Crippen molar-refractivity contribution in [3.05, 3.63) is 16.1 Å². The van der Waals surface area contributed by atoms with Gasteiger partial charge in [0.1, 0.15) is 5.01 Å². The van der Waals surface area contributed by atoms with Gasteiger partial charge in [-0.2, -0.15) is 0 Å². The summed E-state index contributed by atoms with van der Waals surface area (Å²) in [5, 5.41) is 3.89. The quantitative estimate of drug-likeness (QED) is 0.662. The molecule has 0 unspecified atom stereocenters. The maximum Gasteiger partial charge on any atom is 0.233 e. The molecule has 0 bridgehead atoms. The number of nitrogens with zero attached hydrogens (tertiary/aromatic N) is 1. The highest BCUT2D eigenvalue weighted by Crippen LogP contribution is 2.35. The fraction of sp³-hybridized carbons (Fsp3) is 0.643. The van der Waals surface area contributed by atoms with Crippen LogP contribution in [0.5, 0.6) is 0 Å². The van der Waals surface area contributed by atoms with Crippen LogP contribution in [0, 0.1) is 12.3 Å². The number of nitrogens with two attached hydrogens (primary N) is 1. The molecule has 1 amide bonds. The van der Waals surface area contributed by atoms with Crippen LogP contribution < -0.4 is 11.1 Å². The molecule has 1 saturated carbocycles. The standard InChI is InChI=1S/C14H21N3OS2/c1-10-8-16-11(20-10)9-17-13(18)14(12(15)19)6-4-2-3-5-7-14/h8H,2-7,9H2,1H3,(H2,15,19)(H,17,18). The maximum atomic E-state index is 12.6. The lowest BCUT2D eigenvalue weighted by Crippen LogP contribution is -2.48. The van der Waals surface area contributed by atoms with E-state index in [1.54, 1.807) is 11.3 Å². The second-order valence-corrected chi connectivity index (χ2v) is 7.17. The molecular weight excluding hydrogens is 290 g/mol. The van der Waals surface area contributed by atoms with Crippen LogP contribution in [0.25, 0.3) is 0 Å². The van der Waals surface area contributed by atoms with E-state index >= 15 is 0 Å². The van der Waals surface area contributed by atoms with Crippen molar-refractivity contribution in [3.63, 3.8) is 0 Å². The Kier molecular flexibility index (Phi) is 5.10. The van der Waals surface area contributed by atoms with E-state index in [1.807, 2.05) is 13.1 Å². The molecule has 1 aromatic rings. The Hall–Kier alpha value is -1.01. The number of amides is 1. The zero-order valence-electron chi connectivity index (χ0n) is 11.8. The van der Waals surface area contributed by atoms with Crippen molar-refractivity contribution in [2.24, 2.45) is 11.1 Å². The van der Waals surface area contributed by atoms with Crippen molar-refractivity contribution in [3.8, 4) is 0 Å². The Bertz CT molecular complexity index is 490. The van der Waals surface area contributed by atoms with E-state index in [9.17, 15) is 4.79 Å². The van der Waals surface area contributed by atoms with E-state index in [0.29, 0.717) is 11.5 Å². The molecule has 4 nitrogen and oxygen atoms in total. The van der Waals surface area contributed by atoms with Gasteiger partial charge in [-0.1, -0.05) is 37.9 Å². The number of thiocarbonyl (C=S) groups is 1. The Morgan fingerprint density at radius 1 is 1.45 bits per heavy atom. The second-order valence-electron chi connectivity index (χ2n) is 5.41. The molecule has 1 fully saturated rings. The Balaban J connectivity index is 2.05. The number of thiazole rings is 1. The number of aromatic nitrogens is 1. The monoisotopic (exact) mass is 311 g/mol. The summed E-state index contributed by atoms with van der Waals surface area (Å²) < 4.78 is 0. The first-order valence-electron chi connectivity index (χ1n) is 7.04. The highest BCUT2D eigenvalue weighted by atomic mass is 32.1. The van der Waals surface area contributed by atoms with Crippen molar-refractivity contribution >= 4 is 34.5 Å². The summed E-state index contributed by atoms with van der Waals surface area (Å²) >= 11 is 6.80. The summed E-state index contributed by atoms with van der Waals surface area (Å²) in [5.41, 5.74) is 5.25. The number of carbonyl (C=O) groups excluding carboxylic acids is 1. The average molecular weight is 311 g/mol. The third kappa shape index (κ3) is 3.35. The minimum atomic E-state index is -0.655. The maximum absolute atomic E-state index is 12.6. The molecule has 0 aliphatic heterocycles. The smallest absolute Gasteiger partial charge is 0.233 e. The Labute approximate surface area is 129 Å². The highest BCUT2D eigenvalue weighted by molar-refractivity contribution is 7.80. The summed E-state index contributed by atoms with van der Waals surface area (Å²) in [4.78, 5) is 18.3. The van der Waals surface area contributed by atoms with E-state index in [1.165, 1.54) is 0 Å². The molecule has 6 heteroatoms. The van der Waals surface area contributed by atoms with Crippen LogP contribution in [0.2, 0.25) is 0 Å². The van der Waals surface area contributed by atoms with E-state index in [4.69, 9.17) is 18.0 Å². The summed E-state index contributed by atoms with van der Waals surface area (Å²) in [6.07, 6.45) is 7.70. The number of hydrogen-bond acceptors (Lipinski definition) is 4. The van der Waals surface area contributed by atoms with Gasteiger partial charge in [0.25, 0.3) is 0 Å². The summed E-state index contributed by atoms with van der Waals surface area (Å²) in [6.45, 7) is 2.46. The van der Waals surface area contributed by atoms with Gasteiger partial charge >= 0.3 is 0 Å². The molecule has 0 radical (unpaired) electrons. The van der Waals surface area contributed by atoms with Crippen molar-refractivity contribution in [2.75, 3.05) is 0 Å².